The summed E-state index contributed by atoms with van der Waals surface area (Å²) in [6.07, 6.45) is 15.5. The van der Waals surface area contributed by atoms with Gasteiger partial charge in [0.25, 0.3) is 0 Å². The maximum Gasteiger partial charge on any atom is 1.00 e. The molecule has 0 aliphatic carbocycles. The molecule has 0 fully saturated rings. The molecule has 4 nitrogen and oxygen atoms in total. The summed E-state index contributed by atoms with van der Waals surface area (Å²) in [5.41, 5.74) is 1.50. The van der Waals surface area contributed by atoms with E-state index in [1.807, 2.05) is 0 Å². The Balaban J connectivity index is 0. The van der Waals surface area contributed by atoms with Gasteiger partial charge in [0.15, 0.2) is 0 Å². The number of benzene rings is 1. The molecule has 126 valence electrons. The SMILES string of the molecule is CCCCCCCCCCCCc1ccccc1.O=[N+]([O-])[O-].[Na+]. The summed E-state index contributed by atoms with van der Waals surface area (Å²) in [6, 6.07) is 10.9. The zero-order chi connectivity index (χ0) is 16.5. The Morgan fingerprint density at radius 3 is 1.61 bits per heavy atom. The average molecular weight is 331 g/mol. The molecule has 0 bridgehead atoms. The summed E-state index contributed by atoms with van der Waals surface area (Å²) < 4.78 is 0. The van der Waals surface area contributed by atoms with Crippen molar-refractivity contribution < 1.29 is 34.6 Å². The van der Waals surface area contributed by atoms with Crippen molar-refractivity contribution in [2.75, 3.05) is 0 Å². The normalized spacial score (nSPS) is 9.43. The topological polar surface area (TPSA) is 66.2 Å². The predicted molar refractivity (Wildman–Crippen MR) is 92.4 cm³/mol. The van der Waals surface area contributed by atoms with Crippen molar-refractivity contribution in [1.29, 1.82) is 0 Å². The minimum atomic E-state index is -1.75. The van der Waals surface area contributed by atoms with E-state index in [2.05, 4.69) is 37.3 Å². The minimum Gasteiger partial charge on any atom is -0.356 e. The van der Waals surface area contributed by atoms with Crippen molar-refractivity contribution in [3.8, 4) is 0 Å². The summed E-state index contributed by atoms with van der Waals surface area (Å²) in [7, 11) is 0. The Bertz CT molecular complexity index is 357. The number of hydrogen-bond acceptors (Lipinski definition) is 3. The predicted octanol–water partition coefficient (Wildman–Crippen LogP) is 2.91. The van der Waals surface area contributed by atoms with E-state index in [0.29, 0.717) is 0 Å². The third-order valence-corrected chi connectivity index (χ3v) is 3.66. The molecule has 0 heterocycles. The fourth-order valence-corrected chi connectivity index (χ4v) is 2.46. The number of aryl methyl sites for hydroxylation is 1. The third kappa shape index (κ3) is 21.4. The molecule has 0 saturated heterocycles. The Kier molecular flexibility index (Phi) is 20.9. The van der Waals surface area contributed by atoms with Gasteiger partial charge >= 0.3 is 29.6 Å². The van der Waals surface area contributed by atoms with Crippen LogP contribution in [0, 0.1) is 15.3 Å². The molecule has 0 aliphatic rings. The van der Waals surface area contributed by atoms with Crippen LogP contribution in [0.15, 0.2) is 30.3 Å². The largest absolute Gasteiger partial charge is 1.00 e. The first kappa shape index (κ1) is 24.7. The molecule has 0 aliphatic heterocycles. The quantitative estimate of drug-likeness (QED) is 0.271. The summed E-state index contributed by atoms with van der Waals surface area (Å²) >= 11 is 0. The summed E-state index contributed by atoms with van der Waals surface area (Å²) in [5, 5.41) is 14.8. The van der Waals surface area contributed by atoms with Gasteiger partial charge < -0.3 is 15.3 Å². The molecule has 0 atom stereocenters. The summed E-state index contributed by atoms with van der Waals surface area (Å²) in [6.45, 7) is 2.28. The first-order chi connectivity index (χ1) is 10.7. The Morgan fingerprint density at radius 2 is 1.17 bits per heavy atom. The van der Waals surface area contributed by atoms with Crippen molar-refractivity contribution in [1.82, 2.24) is 0 Å². The fourth-order valence-electron chi connectivity index (χ4n) is 2.46. The van der Waals surface area contributed by atoms with Crippen LogP contribution in [0.1, 0.15) is 76.7 Å². The maximum atomic E-state index is 8.25. The van der Waals surface area contributed by atoms with Crippen molar-refractivity contribution in [3.05, 3.63) is 51.2 Å². The van der Waals surface area contributed by atoms with Crippen LogP contribution in [0.25, 0.3) is 0 Å². The molecule has 5 heteroatoms. The van der Waals surface area contributed by atoms with Crippen LogP contribution in [0.4, 0.5) is 0 Å². The van der Waals surface area contributed by atoms with E-state index in [1.54, 1.807) is 0 Å². The summed E-state index contributed by atoms with van der Waals surface area (Å²) in [5.74, 6) is 0. The second kappa shape index (κ2) is 19.5. The van der Waals surface area contributed by atoms with Gasteiger partial charge in [-0.1, -0.05) is 95.0 Å². The molecule has 0 aromatic heterocycles. The third-order valence-electron chi connectivity index (χ3n) is 3.66. The van der Waals surface area contributed by atoms with Crippen LogP contribution in [-0.4, -0.2) is 5.09 Å². The van der Waals surface area contributed by atoms with Gasteiger partial charge in [-0.3, -0.25) is 0 Å². The molecule has 1 aromatic rings. The molecule has 23 heavy (non-hydrogen) atoms. The Hall–Kier alpha value is -0.580. The van der Waals surface area contributed by atoms with Crippen molar-refractivity contribution in [2.45, 2.75) is 77.6 Å². The van der Waals surface area contributed by atoms with Crippen molar-refractivity contribution in [2.24, 2.45) is 0 Å². The van der Waals surface area contributed by atoms with E-state index in [-0.39, 0.29) is 29.6 Å². The second-order valence-corrected chi connectivity index (χ2v) is 5.64. The van der Waals surface area contributed by atoms with Crippen LogP contribution in [0.2, 0.25) is 0 Å². The van der Waals surface area contributed by atoms with E-state index in [0.717, 1.165) is 0 Å². The molecule has 1 aromatic carbocycles. The molecule has 0 saturated carbocycles. The number of nitrogens with zero attached hydrogens (tertiary/aromatic N) is 1. The van der Waals surface area contributed by atoms with E-state index < -0.39 is 5.09 Å². The van der Waals surface area contributed by atoms with Gasteiger partial charge in [0.05, 0.1) is 5.09 Å². The van der Waals surface area contributed by atoms with Crippen LogP contribution < -0.4 is 29.6 Å². The van der Waals surface area contributed by atoms with E-state index >= 15 is 0 Å². The molecular formula is C18H30NNaO3. The van der Waals surface area contributed by atoms with Gasteiger partial charge in [-0.15, -0.1) is 0 Å². The fraction of sp³-hybridized carbons (Fsp3) is 0.667. The van der Waals surface area contributed by atoms with E-state index in [1.165, 1.54) is 76.2 Å². The molecule has 0 unspecified atom stereocenters. The van der Waals surface area contributed by atoms with Crippen LogP contribution in [-0.2, 0) is 6.42 Å². The molecular weight excluding hydrogens is 301 g/mol. The van der Waals surface area contributed by atoms with Gasteiger partial charge in [0.1, 0.15) is 0 Å². The van der Waals surface area contributed by atoms with Gasteiger partial charge in [0.2, 0.25) is 0 Å². The maximum absolute atomic E-state index is 8.25. The molecule has 0 N–H and O–H groups in total. The average Bonchev–Trinajstić information content (AvgIpc) is 2.50. The second-order valence-electron chi connectivity index (χ2n) is 5.64. The van der Waals surface area contributed by atoms with Crippen LogP contribution in [0.5, 0.6) is 0 Å². The van der Waals surface area contributed by atoms with Crippen molar-refractivity contribution in [3.63, 3.8) is 0 Å². The van der Waals surface area contributed by atoms with Crippen LogP contribution in [0.3, 0.4) is 0 Å². The molecule has 0 radical (unpaired) electrons. The Labute approximate surface area is 163 Å². The number of rotatable bonds is 11. The van der Waals surface area contributed by atoms with Gasteiger partial charge in [-0.25, -0.2) is 0 Å². The Morgan fingerprint density at radius 1 is 0.783 bits per heavy atom. The minimum absolute atomic E-state index is 0. The van der Waals surface area contributed by atoms with E-state index in [9.17, 15) is 0 Å². The molecule has 0 spiro atoms. The standard InChI is InChI=1S/C18H30.NO3.Na/c1-2-3-4-5-6-7-8-9-10-12-15-18-16-13-11-14-17-18;2-1(3)4;/h11,13-14,16-17H,2-10,12,15H2,1H3;;/q;-1;+1. The van der Waals surface area contributed by atoms with E-state index in [4.69, 9.17) is 15.3 Å². The van der Waals surface area contributed by atoms with Gasteiger partial charge in [-0.05, 0) is 18.4 Å². The number of unbranched alkanes of at least 4 members (excludes halogenated alkanes) is 9. The molecule has 1 rings (SSSR count). The monoisotopic (exact) mass is 331 g/mol. The molecule has 0 amide bonds. The zero-order valence-corrected chi connectivity index (χ0v) is 16.8. The smallest absolute Gasteiger partial charge is 0.356 e. The van der Waals surface area contributed by atoms with Crippen LogP contribution >= 0.6 is 0 Å². The van der Waals surface area contributed by atoms with Gasteiger partial charge in [0, 0.05) is 0 Å². The first-order valence-corrected chi connectivity index (χ1v) is 8.52. The number of hydrogen-bond donors (Lipinski definition) is 0. The zero-order valence-electron chi connectivity index (χ0n) is 14.8. The summed E-state index contributed by atoms with van der Waals surface area (Å²) in [4.78, 5) is 8.25. The van der Waals surface area contributed by atoms with Gasteiger partial charge in [-0.2, -0.15) is 0 Å². The first-order valence-electron chi connectivity index (χ1n) is 8.52. The van der Waals surface area contributed by atoms with Crippen molar-refractivity contribution >= 4 is 0 Å².